The molecule has 1 heterocycles. The van der Waals surface area contributed by atoms with Gasteiger partial charge in [-0.25, -0.2) is 0 Å². The van der Waals surface area contributed by atoms with Gasteiger partial charge < -0.3 is 24.8 Å². The summed E-state index contributed by atoms with van der Waals surface area (Å²) in [4.78, 5) is 0.918. The molecule has 2 aromatic carbocycles. The minimum Gasteiger partial charge on any atom is -0.497 e. The van der Waals surface area contributed by atoms with Gasteiger partial charge in [-0.1, -0.05) is 42.1 Å². The van der Waals surface area contributed by atoms with Gasteiger partial charge in [0.15, 0.2) is 0 Å². The number of hydrogen-bond donors (Lipinski definition) is 3. The van der Waals surface area contributed by atoms with Gasteiger partial charge in [0, 0.05) is 11.3 Å². The molecule has 26 heavy (non-hydrogen) atoms. The molecule has 3 rings (SSSR count). The minimum atomic E-state index is -1.64. The monoisotopic (exact) mass is 376 g/mol. The molecule has 6 heteroatoms. The number of methoxy groups -OCH3 is 1. The van der Waals surface area contributed by atoms with Crippen molar-refractivity contribution >= 4 is 11.8 Å². The fourth-order valence-corrected chi connectivity index (χ4v) is 4.31. The summed E-state index contributed by atoms with van der Waals surface area (Å²) >= 11 is 1.34. The quantitative estimate of drug-likeness (QED) is 0.743. The molecule has 0 radical (unpaired) electrons. The molecular weight excluding hydrogens is 352 g/mol. The lowest BCUT2D eigenvalue weighted by molar-refractivity contribution is -0.241. The fourth-order valence-electron chi connectivity index (χ4n) is 3.10. The number of benzene rings is 2. The largest absolute Gasteiger partial charge is 0.497 e. The summed E-state index contributed by atoms with van der Waals surface area (Å²) < 4.78 is 11.0. The van der Waals surface area contributed by atoms with Gasteiger partial charge in [0.05, 0.1) is 13.2 Å². The molecule has 2 aromatic rings. The van der Waals surface area contributed by atoms with Crippen molar-refractivity contribution in [3.05, 3.63) is 60.2 Å². The number of hydrogen-bond acceptors (Lipinski definition) is 6. The zero-order valence-electron chi connectivity index (χ0n) is 14.8. The third-order valence-electron chi connectivity index (χ3n) is 4.70. The Bertz CT molecular complexity index is 708. The summed E-state index contributed by atoms with van der Waals surface area (Å²) in [5, 5.41) is 32.3. The maximum Gasteiger partial charge on any atom is 0.139 e. The Morgan fingerprint density at radius 2 is 1.73 bits per heavy atom. The second kappa shape index (κ2) is 7.98. The van der Waals surface area contributed by atoms with Gasteiger partial charge in [0.1, 0.15) is 29.0 Å². The molecule has 5 atom stereocenters. The van der Waals surface area contributed by atoms with Crippen LogP contribution in [0.3, 0.4) is 0 Å². The molecule has 1 fully saturated rings. The van der Waals surface area contributed by atoms with Crippen molar-refractivity contribution in [2.45, 2.75) is 47.6 Å². The van der Waals surface area contributed by atoms with Crippen LogP contribution in [0.2, 0.25) is 0 Å². The highest BCUT2D eigenvalue weighted by molar-refractivity contribution is 7.99. The highest BCUT2D eigenvalue weighted by atomic mass is 32.2. The van der Waals surface area contributed by atoms with Crippen LogP contribution in [0.15, 0.2) is 59.5 Å². The van der Waals surface area contributed by atoms with Crippen molar-refractivity contribution in [2.75, 3.05) is 7.11 Å². The molecule has 0 saturated carbocycles. The number of rotatable bonds is 5. The van der Waals surface area contributed by atoms with Crippen LogP contribution in [0.25, 0.3) is 0 Å². The summed E-state index contributed by atoms with van der Waals surface area (Å²) in [7, 11) is 1.59. The molecule has 1 aliphatic rings. The van der Waals surface area contributed by atoms with Crippen molar-refractivity contribution in [3.63, 3.8) is 0 Å². The van der Waals surface area contributed by atoms with Crippen LogP contribution in [-0.2, 0) is 11.2 Å². The minimum absolute atomic E-state index is 0.145. The lowest BCUT2D eigenvalue weighted by atomic mass is 9.83. The van der Waals surface area contributed by atoms with E-state index in [2.05, 4.69) is 0 Å². The van der Waals surface area contributed by atoms with Gasteiger partial charge in [-0.2, -0.15) is 0 Å². The Morgan fingerprint density at radius 3 is 2.35 bits per heavy atom. The average Bonchev–Trinajstić information content (AvgIpc) is 2.66. The van der Waals surface area contributed by atoms with Crippen LogP contribution in [0.4, 0.5) is 0 Å². The first kappa shape index (κ1) is 19.2. The van der Waals surface area contributed by atoms with Crippen molar-refractivity contribution < 1.29 is 24.8 Å². The molecule has 0 aliphatic carbocycles. The molecule has 1 aliphatic heterocycles. The standard InChI is InChI=1S/C20H24O5S/c1-13-17(21)18(22)20(23,12-14-8-10-15(24-2)11-9-14)19(25-13)26-16-6-4-3-5-7-16/h3-11,13,17-19,21-23H,12H2,1-2H3/t13-,17+,18+,19+,20-/m0/s1. The molecule has 5 nitrogen and oxygen atoms in total. The summed E-state index contributed by atoms with van der Waals surface area (Å²) in [6.07, 6.45) is -2.92. The van der Waals surface area contributed by atoms with E-state index in [0.29, 0.717) is 5.75 Å². The fraction of sp³-hybridized carbons (Fsp3) is 0.400. The zero-order valence-corrected chi connectivity index (χ0v) is 15.6. The van der Waals surface area contributed by atoms with E-state index in [4.69, 9.17) is 9.47 Å². The number of aliphatic hydroxyl groups excluding tert-OH is 2. The summed E-state index contributed by atoms with van der Waals surface area (Å²) in [6, 6.07) is 16.8. The number of ether oxygens (including phenoxy) is 2. The predicted molar refractivity (Wildman–Crippen MR) is 100 cm³/mol. The Hall–Kier alpha value is -1.57. The number of aliphatic hydroxyl groups is 3. The summed E-state index contributed by atoms with van der Waals surface area (Å²) in [5.41, 5.74) is -1.54. The topological polar surface area (TPSA) is 79.2 Å². The lowest BCUT2D eigenvalue weighted by Gasteiger charge is -2.47. The smallest absolute Gasteiger partial charge is 0.139 e. The van der Waals surface area contributed by atoms with Gasteiger partial charge in [-0.3, -0.25) is 0 Å². The second-order valence-corrected chi connectivity index (χ2v) is 7.69. The van der Waals surface area contributed by atoms with Crippen LogP contribution in [-0.4, -0.2) is 51.8 Å². The van der Waals surface area contributed by atoms with E-state index < -0.39 is 29.3 Å². The molecule has 0 unspecified atom stereocenters. The van der Waals surface area contributed by atoms with Crippen LogP contribution in [0, 0.1) is 0 Å². The van der Waals surface area contributed by atoms with Gasteiger partial charge in [-0.15, -0.1) is 0 Å². The highest BCUT2D eigenvalue weighted by Crippen LogP contribution is 2.41. The molecule has 3 N–H and O–H groups in total. The zero-order chi connectivity index (χ0) is 18.7. The van der Waals surface area contributed by atoms with Crippen molar-refractivity contribution in [2.24, 2.45) is 0 Å². The summed E-state index contributed by atoms with van der Waals surface area (Å²) in [5.74, 6) is 0.713. The van der Waals surface area contributed by atoms with E-state index in [1.54, 1.807) is 26.2 Å². The number of thioether (sulfide) groups is 1. The van der Waals surface area contributed by atoms with Crippen molar-refractivity contribution in [3.8, 4) is 5.75 Å². The lowest BCUT2D eigenvalue weighted by Crippen LogP contribution is -2.65. The molecule has 1 saturated heterocycles. The van der Waals surface area contributed by atoms with Gasteiger partial charge in [0.25, 0.3) is 0 Å². The van der Waals surface area contributed by atoms with E-state index in [1.807, 2.05) is 42.5 Å². The van der Waals surface area contributed by atoms with Gasteiger partial charge in [-0.05, 0) is 36.8 Å². The van der Waals surface area contributed by atoms with E-state index in [9.17, 15) is 15.3 Å². The van der Waals surface area contributed by atoms with Crippen molar-refractivity contribution in [1.29, 1.82) is 0 Å². The second-order valence-electron chi connectivity index (χ2n) is 6.56. The average molecular weight is 376 g/mol. The van der Waals surface area contributed by atoms with E-state index in [-0.39, 0.29) is 6.42 Å². The van der Waals surface area contributed by atoms with Crippen LogP contribution < -0.4 is 4.74 Å². The normalized spacial score (nSPS) is 31.6. The summed E-state index contributed by atoms with van der Waals surface area (Å²) in [6.45, 7) is 1.69. The van der Waals surface area contributed by atoms with Crippen LogP contribution in [0.5, 0.6) is 5.75 Å². The molecule has 0 bridgehead atoms. The Kier molecular flexibility index (Phi) is 5.89. The van der Waals surface area contributed by atoms with Crippen molar-refractivity contribution in [1.82, 2.24) is 0 Å². The first-order valence-electron chi connectivity index (χ1n) is 8.52. The Morgan fingerprint density at radius 1 is 1.08 bits per heavy atom. The molecule has 140 valence electrons. The third kappa shape index (κ3) is 3.89. The molecule has 0 aromatic heterocycles. The first-order valence-corrected chi connectivity index (χ1v) is 9.40. The van der Waals surface area contributed by atoms with Crippen LogP contribution >= 0.6 is 11.8 Å². The van der Waals surface area contributed by atoms with Crippen LogP contribution in [0.1, 0.15) is 12.5 Å². The maximum absolute atomic E-state index is 11.3. The third-order valence-corrected chi connectivity index (χ3v) is 5.97. The maximum atomic E-state index is 11.3. The Balaban J connectivity index is 1.88. The van der Waals surface area contributed by atoms with E-state index >= 15 is 0 Å². The van der Waals surface area contributed by atoms with E-state index in [0.717, 1.165) is 10.5 Å². The van der Waals surface area contributed by atoms with E-state index in [1.165, 1.54) is 11.8 Å². The highest BCUT2D eigenvalue weighted by Gasteiger charge is 2.53. The molecular formula is C20H24O5S. The van der Waals surface area contributed by atoms with Gasteiger partial charge >= 0.3 is 0 Å². The predicted octanol–water partition coefficient (Wildman–Crippen LogP) is 2.23. The molecule has 0 spiro atoms. The molecule has 0 amide bonds. The van der Waals surface area contributed by atoms with Gasteiger partial charge in [0.2, 0.25) is 0 Å². The Labute approximate surface area is 157 Å². The first-order chi connectivity index (χ1) is 12.4. The SMILES string of the molecule is COc1ccc(C[C@@]2(O)[C@@H](Sc3ccccc3)O[C@@H](C)[C@@H](O)[C@H]2O)cc1.